The highest BCUT2D eigenvalue weighted by Crippen LogP contribution is 2.18. The third-order valence-corrected chi connectivity index (χ3v) is 3.29. The van der Waals surface area contributed by atoms with Gasteiger partial charge in [0.25, 0.3) is 0 Å². The molecule has 0 spiro atoms. The highest BCUT2D eigenvalue weighted by molar-refractivity contribution is 9.10. The summed E-state index contributed by atoms with van der Waals surface area (Å²) in [5.41, 5.74) is 2.98. The van der Waals surface area contributed by atoms with Crippen molar-refractivity contribution in [3.63, 3.8) is 0 Å². The Labute approximate surface area is 118 Å². The molecule has 3 aromatic rings. The molecule has 0 bridgehead atoms. The predicted molar refractivity (Wildman–Crippen MR) is 76.0 cm³/mol. The summed E-state index contributed by atoms with van der Waals surface area (Å²) in [6.45, 7) is 2.67. The molecule has 98 valence electrons. The molecule has 0 atom stereocenters. The Bertz CT molecular complexity index is 729. The second-order valence-electron chi connectivity index (χ2n) is 4.34. The number of hydrogen-bond acceptors (Lipinski definition) is 4. The average molecular weight is 321 g/mol. The summed E-state index contributed by atoms with van der Waals surface area (Å²) in [4.78, 5) is 8.72. The van der Waals surface area contributed by atoms with Gasteiger partial charge in [-0.3, -0.25) is 4.68 Å². The molecule has 0 amide bonds. The molecular formula is C12H13BrN6. The molecule has 0 aliphatic rings. The van der Waals surface area contributed by atoms with Crippen molar-refractivity contribution >= 4 is 27.4 Å². The van der Waals surface area contributed by atoms with E-state index in [0.717, 1.165) is 27.3 Å². The van der Waals surface area contributed by atoms with Crippen LogP contribution in [0.3, 0.4) is 0 Å². The van der Waals surface area contributed by atoms with E-state index >= 15 is 0 Å². The number of aryl methyl sites for hydroxylation is 2. The molecule has 0 aromatic carbocycles. The van der Waals surface area contributed by atoms with Gasteiger partial charge in [0, 0.05) is 43.9 Å². The fourth-order valence-electron chi connectivity index (χ4n) is 2.02. The highest BCUT2D eigenvalue weighted by atomic mass is 79.9. The first-order valence-corrected chi connectivity index (χ1v) is 6.65. The van der Waals surface area contributed by atoms with Gasteiger partial charge in [0.15, 0.2) is 11.5 Å². The van der Waals surface area contributed by atoms with Crippen molar-refractivity contribution < 1.29 is 0 Å². The maximum atomic E-state index is 4.42. The fourth-order valence-corrected chi connectivity index (χ4v) is 2.42. The standard InChI is InChI=1S/C12H13BrN6/c1-8-9(6-18(2)17-8)5-15-11-12-14-3-4-19(12)7-10(13)16-11/h3-4,6-7H,5H2,1-2H3,(H,15,16). The van der Waals surface area contributed by atoms with Crippen LogP contribution in [0, 0.1) is 6.92 Å². The van der Waals surface area contributed by atoms with E-state index in [1.807, 2.05) is 41.6 Å². The first-order valence-electron chi connectivity index (χ1n) is 5.85. The lowest BCUT2D eigenvalue weighted by atomic mass is 10.2. The minimum atomic E-state index is 0.672. The normalized spacial score (nSPS) is 11.1. The number of anilines is 1. The van der Waals surface area contributed by atoms with E-state index in [9.17, 15) is 0 Å². The summed E-state index contributed by atoms with van der Waals surface area (Å²) in [7, 11) is 1.92. The van der Waals surface area contributed by atoms with Gasteiger partial charge in [0.2, 0.25) is 0 Å². The summed E-state index contributed by atoms with van der Waals surface area (Å²) in [6.07, 6.45) is 7.53. The van der Waals surface area contributed by atoms with Gasteiger partial charge in [-0.1, -0.05) is 0 Å². The lowest BCUT2D eigenvalue weighted by molar-refractivity contribution is 0.756. The van der Waals surface area contributed by atoms with Crippen molar-refractivity contribution in [1.82, 2.24) is 24.1 Å². The van der Waals surface area contributed by atoms with Gasteiger partial charge >= 0.3 is 0 Å². The molecule has 0 saturated heterocycles. The quantitative estimate of drug-likeness (QED) is 0.803. The second kappa shape index (κ2) is 4.65. The van der Waals surface area contributed by atoms with Crippen LogP contribution in [0.5, 0.6) is 0 Å². The molecule has 3 rings (SSSR count). The second-order valence-corrected chi connectivity index (χ2v) is 5.15. The molecule has 0 saturated carbocycles. The van der Waals surface area contributed by atoms with Crippen LogP contribution in [-0.2, 0) is 13.6 Å². The van der Waals surface area contributed by atoms with Crippen LogP contribution in [0.1, 0.15) is 11.3 Å². The highest BCUT2D eigenvalue weighted by Gasteiger charge is 2.08. The van der Waals surface area contributed by atoms with E-state index in [1.165, 1.54) is 0 Å². The number of hydrogen-bond donors (Lipinski definition) is 1. The zero-order valence-corrected chi connectivity index (χ0v) is 12.2. The van der Waals surface area contributed by atoms with Crippen molar-refractivity contribution in [1.29, 1.82) is 0 Å². The predicted octanol–water partition coefficient (Wildman–Crippen LogP) is 2.15. The lowest BCUT2D eigenvalue weighted by Crippen LogP contribution is -2.04. The fraction of sp³-hybridized carbons (Fsp3) is 0.250. The van der Waals surface area contributed by atoms with Crippen LogP contribution in [0.4, 0.5) is 5.82 Å². The zero-order chi connectivity index (χ0) is 13.4. The molecule has 1 N–H and O–H groups in total. The van der Waals surface area contributed by atoms with Crippen molar-refractivity contribution in [2.75, 3.05) is 5.32 Å². The van der Waals surface area contributed by atoms with Crippen LogP contribution in [0.25, 0.3) is 5.65 Å². The van der Waals surface area contributed by atoms with Gasteiger partial charge in [-0.15, -0.1) is 0 Å². The first kappa shape index (κ1) is 12.2. The number of nitrogens with zero attached hydrogens (tertiary/aromatic N) is 5. The van der Waals surface area contributed by atoms with Crippen molar-refractivity contribution in [3.8, 4) is 0 Å². The number of halogens is 1. The van der Waals surface area contributed by atoms with E-state index in [0.29, 0.717) is 6.54 Å². The van der Waals surface area contributed by atoms with Gasteiger partial charge in [-0.2, -0.15) is 5.10 Å². The molecular weight excluding hydrogens is 308 g/mol. The first-order chi connectivity index (χ1) is 9.13. The number of aromatic nitrogens is 5. The number of fused-ring (bicyclic) bond motifs is 1. The van der Waals surface area contributed by atoms with E-state index in [4.69, 9.17) is 0 Å². The zero-order valence-electron chi connectivity index (χ0n) is 10.6. The SMILES string of the molecule is Cc1nn(C)cc1CNc1nc(Br)cn2ccnc12. The molecule has 0 fully saturated rings. The summed E-state index contributed by atoms with van der Waals surface area (Å²) < 4.78 is 4.50. The lowest BCUT2D eigenvalue weighted by Gasteiger charge is -2.06. The number of nitrogens with one attached hydrogen (secondary N) is 1. The van der Waals surface area contributed by atoms with Gasteiger partial charge < -0.3 is 9.72 Å². The largest absolute Gasteiger partial charge is 0.363 e. The van der Waals surface area contributed by atoms with E-state index < -0.39 is 0 Å². The Morgan fingerprint density at radius 3 is 2.95 bits per heavy atom. The molecule has 0 aliphatic heterocycles. The summed E-state index contributed by atoms with van der Waals surface area (Å²) in [6, 6.07) is 0. The minimum absolute atomic E-state index is 0.672. The molecule has 3 aromatic heterocycles. The summed E-state index contributed by atoms with van der Waals surface area (Å²) in [5, 5.41) is 7.63. The van der Waals surface area contributed by atoms with Crippen LogP contribution >= 0.6 is 15.9 Å². The molecule has 7 heteroatoms. The van der Waals surface area contributed by atoms with Gasteiger partial charge in [0.05, 0.1) is 5.69 Å². The Morgan fingerprint density at radius 2 is 2.21 bits per heavy atom. The Kier molecular flexibility index (Phi) is 2.98. The third kappa shape index (κ3) is 2.33. The molecule has 3 heterocycles. The maximum absolute atomic E-state index is 4.42. The van der Waals surface area contributed by atoms with Crippen molar-refractivity contribution in [3.05, 3.63) is 40.6 Å². The number of rotatable bonds is 3. The maximum Gasteiger partial charge on any atom is 0.180 e. The summed E-state index contributed by atoms with van der Waals surface area (Å²) >= 11 is 3.40. The Hall–Kier alpha value is -1.89. The van der Waals surface area contributed by atoms with Crippen molar-refractivity contribution in [2.45, 2.75) is 13.5 Å². The Morgan fingerprint density at radius 1 is 1.37 bits per heavy atom. The molecule has 6 nitrogen and oxygen atoms in total. The molecule has 0 radical (unpaired) electrons. The summed E-state index contributed by atoms with van der Waals surface area (Å²) in [5.74, 6) is 0.752. The smallest absolute Gasteiger partial charge is 0.180 e. The third-order valence-electron chi connectivity index (χ3n) is 2.91. The molecule has 0 aliphatic carbocycles. The van der Waals surface area contributed by atoms with E-state index in [2.05, 4.69) is 36.3 Å². The molecule has 19 heavy (non-hydrogen) atoms. The van der Waals surface area contributed by atoms with E-state index in [1.54, 1.807) is 6.20 Å². The van der Waals surface area contributed by atoms with Crippen LogP contribution in [0.15, 0.2) is 29.4 Å². The van der Waals surface area contributed by atoms with Crippen molar-refractivity contribution in [2.24, 2.45) is 7.05 Å². The monoisotopic (exact) mass is 320 g/mol. The average Bonchev–Trinajstić information content (AvgIpc) is 2.92. The number of imidazole rings is 1. The topological polar surface area (TPSA) is 60.0 Å². The van der Waals surface area contributed by atoms with Crippen LogP contribution < -0.4 is 5.32 Å². The van der Waals surface area contributed by atoms with Crippen LogP contribution in [0.2, 0.25) is 0 Å². The van der Waals surface area contributed by atoms with Gasteiger partial charge in [0.1, 0.15) is 4.60 Å². The molecule has 0 unspecified atom stereocenters. The minimum Gasteiger partial charge on any atom is -0.363 e. The Balaban J connectivity index is 1.89. The van der Waals surface area contributed by atoms with Gasteiger partial charge in [-0.25, -0.2) is 9.97 Å². The van der Waals surface area contributed by atoms with Gasteiger partial charge in [-0.05, 0) is 22.9 Å². The van der Waals surface area contributed by atoms with Crippen LogP contribution in [-0.4, -0.2) is 24.1 Å². The van der Waals surface area contributed by atoms with E-state index in [-0.39, 0.29) is 0 Å².